The number of nitrogens with zero attached hydrogens (tertiary/aromatic N) is 4. The number of rotatable bonds is 6. The second-order valence-corrected chi connectivity index (χ2v) is 6.35. The summed E-state index contributed by atoms with van der Waals surface area (Å²) in [5.41, 5.74) is 3.52. The Hall–Kier alpha value is -2.67. The molecule has 0 saturated carbocycles. The lowest BCUT2D eigenvalue weighted by molar-refractivity contribution is -0.113. The summed E-state index contributed by atoms with van der Waals surface area (Å²) >= 11 is 1.31. The first-order chi connectivity index (χ1) is 12.2. The standard InChI is InChI=1S/C18H19N5OS/c1-3-23-11-15(13(2)22-23)16-9-10-19-18(21-16)25-12-17(24)20-14-7-5-4-6-8-14/h4-11H,3,12H2,1-2H3,(H,20,24). The van der Waals surface area contributed by atoms with Gasteiger partial charge in [-0.3, -0.25) is 9.48 Å². The summed E-state index contributed by atoms with van der Waals surface area (Å²) < 4.78 is 1.88. The maximum atomic E-state index is 12.0. The van der Waals surface area contributed by atoms with E-state index in [-0.39, 0.29) is 11.7 Å². The lowest BCUT2D eigenvalue weighted by Crippen LogP contribution is -2.14. The Morgan fingerprint density at radius 3 is 2.76 bits per heavy atom. The number of nitrogens with one attached hydrogen (secondary N) is 1. The first-order valence-electron chi connectivity index (χ1n) is 8.01. The van der Waals surface area contributed by atoms with Crippen LogP contribution in [-0.2, 0) is 11.3 Å². The predicted molar refractivity (Wildman–Crippen MR) is 99.5 cm³/mol. The zero-order chi connectivity index (χ0) is 17.6. The molecule has 0 radical (unpaired) electrons. The minimum absolute atomic E-state index is 0.0832. The van der Waals surface area contributed by atoms with Gasteiger partial charge in [-0.15, -0.1) is 0 Å². The zero-order valence-electron chi connectivity index (χ0n) is 14.1. The number of carbonyl (C=O) groups is 1. The van der Waals surface area contributed by atoms with Crippen LogP contribution >= 0.6 is 11.8 Å². The van der Waals surface area contributed by atoms with E-state index in [1.807, 2.05) is 61.1 Å². The molecule has 0 aliphatic rings. The summed E-state index contributed by atoms with van der Waals surface area (Å²) in [5, 5.41) is 7.86. The van der Waals surface area contributed by atoms with Crippen LogP contribution in [0.3, 0.4) is 0 Å². The zero-order valence-corrected chi connectivity index (χ0v) is 15.0. The summed E-state index contributed by atoms with van der Waals surface area (Å²) in [6, 6.07) is 11.2. The van der Waals surface area contributed by atoms with Gasteiger partial charge in [0.15, 0.2) is 5.16 Å². The molecule has 1 aromatic carbocycles. The average molecular weight is 353 g/mol. The molecule has 0 aliphatic heterocycles. The molecular formula is C18H19N5OS. The molecule has 1 N–H and O–H groups in total. The van der Waals surface area contributed by atoms with Crippen LogP contribution in [0.1, 0.15) is 12.6 Å². The first kappa shape index (κ1) is 17.2. The van der Waals surface area contributed by atoms with E-state index in [0.29, 0.717) is 5.16 Å². The molecule has 3 aromatic rings. The molecule has 0 bridgehead atoms. The summed E-state index contributed by atoms with van der Waals surface area (Å²) in [4.78, 5) is 20.8. The number of aryl methyl sites for hydroxylation is 2. The maximum absolute atomic E-state index is 12.0. The average Bonchev–Trinajstić information content (AvgIpc) is 3.02. The van der Waals surface area contributed by atoms with E-state index in [9.17, 15) is 4.79 Å². The molecule has 128 valence electrons. The molecule has 0 spiro atoms. The van der Waals surface area contributed by atoms with Gasteiger partial charge in [-0.2, -0.15) is 5.10 Å². The topological polar surface area (TPSA) is 72.7 Å². The number of hydrogen-bond acceptors (Lipinski definition) is 5. The third-order valence-corrected chi connectivity index (χ3v) is 4.43. The number of hydrogen-bond donors (Lipinski definition) is 1. The van der Waals surface area contributed by atoms with E-state index >= 15 is 0 Å². The summed E-state index contributed by atoms with van der Waals surface area (Å²) in [6.45, 7) is 4.82. The van der Waals surface area contributed by atoms with Gasteiger partial charge in [0.05, 0.1) is 17.1 Å². The number of carbonyl (C=O) groups excluding carboxylic acids is 1. The normalized spacial score (nSPS) is 10.6. The Balaban J connectivity index is 1.65. The van der Waals surface area contributed by atoms with Crippen molar-refractivity contribution in [2.75, 3.05) is 11.1 Å². The largest absolute Gasteiger partial charge is 0.325 e. The van der Waals surface area contributed by atoms with Crippen LogP contribution < -0.4 is 5.32 Å². The van der Waals surface area contributed by atoms with Crippen LogP contribution in [0.5, 0.6) is 0 Å². The van der Waals surface area contributed by atoms with Crippen molar-refractivity contribution in [3.8, 4) is 11.3 Å². The quantitative estimate of drug-likeness (QED) is 0.543. The van der Waals surface area contributed by atoms with E-state index in [0.717, 1.165) is 29.2 Å². The molecule has 2 aromatic heterocycles. The van der Waals surface area contributed by atoms with E-state index in [1.165, 1.54) is 11.8 Å². The van der Waals surface area contributed by atoms with Gasteiger partial charge in [0.25, 0.3) is 0 Å². The molecule has 0 saturated heterocycles. The van der Waals surface area contributed by atoms with Crippen molar-refractivity contribution in [1.29, 1.82) is 0 Å². The second kappa shape index (κ2) is 7.94. The molecule has 7 heteroatoms. The third-order valence-electron chi connectivity index (χ3n) is 3.57. The molecule has 25 heavy (non-hydrogen) atoms. The fraction of sp³-hybridized carbons (Fsp3) is 0.222. The molecule has 2 heterocycles. The van der Waals surface area contributed by atoms with Crippen molar-refractivity contribution >= 4 is 23.4 Å². The Morgan fingerprint density at radius 1 is 1.24 bits per heavy atom. The predicted octanol–water partition coefficient (Wildman–Crippen LogP) is 3.40. The molecule has 6 nitrogen and oxygen atoms in total. The molecule has 3 rings (SSSR count). The number of amides is 1. The maximum Gasteiger partial charge on any atom is 0.234 e. The highest BCUT2D eigenvalue weighted by molar-refractivity contribution is 7.99. The molecule has 1 amide bonds. The van der Waals surface area contributed by atoms with Crippen molar-refractivity contribution in [3.63, 3.8) is 0 Å². The van der Waals surface area contributed by atoms with Crippen molar-refractivity contribution in [2.45, 2.75) is 25.5 Å². The fourth-order valence-electron chi connectivity index (χ4n) is 2.34. The van der Waals surface area contributed by atoms with Crippen molar-refractivity contribution < 1.29 is 4.79 Å². The van der Waals surface area contributed by atoms with Gasteiger partial charge in [0, 0.05) is 30.2 Å². The SMILES string of the molecule is CCn1cc(-c2ccnc(SCC(=O)Nc3ccccc3)n2)c(C)n1. The van der Waals surface area contributed by atoms with Crippen LogP contribution in [0.15, 0.2) is 53.9 Å². The molecule has 0 fully saturated rings. The highest BCUT2D eigenvalue weighted by atomic mass is 32.2. The van der Waals surface area contributed by atoms with E-state index in [4.69, 9.17) is 0 Å². The second-order valence-electron chi connectivity index (χ2n) is 5.41. The van der Waals surface area contributed by atoms with Gasteiger partial charge in [-0.05, 0) is 32.0 Å². The smallest absolute Gasteiger partial charge is 0.234 e. The van der Waals surface area contributed by atoms with Gasteiger partial charge >= 0.3 is 0 Å². The van der Waals surface area contributed by atoms with Crippen LogP contribution in [0.2, 0.25) is 0 Å². The van der Waals surface area contributed by atoms with Gasteiger partial charge in [-0.1, -0.05) is 30.0 Å². The van der Waals surface area contributed by atoms with Gasteiger partial charge in [0.2, 0.25) is 5.91 Å². The van der Waals surface area contributed by atoms with Crippen LogP contribution in [-0.4, -0.2) is 31.4 Å². The van der Waals surface area contributed by atoms with Crippen molar-refractivity contribution in [3.05, 3.63) is 54.5 Å². The monoisotopic (exact) mass is 353 g/mol. The lowest BCUT2D eigenvalue weighted by Gasteiger charge is -2.05. The van der Waals surface area contributed by atoms with Crippen molar-refractivity contribution in [1.82, 2.24) is 19.7 Å². The van der Waals surface area contributed by atoms with Gasteiger partial charge < -0.3 is 5.32 Å². The summed E-state index contributed by atoms with van der Waals surface area (Å²) in [5.74, 6) is 0.172. The molecule has 0 atom stereocenters. The summed E-state index contributed by atoms with van der Waals surface area (Å²) in [6.07, 6.45) is 3.69. The number of thioether (sulfide) groups is 1. The van der Waals surface area contributed by atoms with Crippen molar-refractivity contribution in [2.24, 2.45) is 0 Å². The van der Waals surface area contributed by atoms with Crippen LogP contribution in [0, 0.1) is 6.92 Å². The Bertz CT molecular complexity index is 863. The number of benzene rings is 1. The summed E-state index contributed by atoms with van der Waals surface area (Å²) in [7, 11) is 0. The Kier molecular flexibility index (Phi) is 5.45. The fourth-order valence-corrected chi connectivity index (χ4v) is 2.97. The Morgan fingerprint density at radius 2 is 2.04 bits per heavy atom. The highest BCUT2D eigenvalue weighted by Gasteiger charge is 2.11. The Labute approximate surface area is 150 Å². The number of para-hydroxylation sites is 1. The number of aromatic nitrogens is 4. The minimum Gasteiger partial charge on any atom is -0.325 e. The van der Waals surface area contributed by atoms with Gasteiger partial charge in [0.1, 0.15) is 0 Å². The molecular weight excluding hydrogens is 334 g/mol. The van der Waals surface area contributed by atoms with Gasteiger partial charge in [-0.25, -0.2) is 9.97 Å². The van der Waals surface area contributed by atoms with E-state index < -0.39 is 0 Å². The molecule has 0 unspecified atom stereocenters. The minimum atomic E-state index is -0.0832. The number of anilines is 1. The third kappa shape index (κ3) is 4.45. The van der Waals surface area contributed by atoms with Crippen LogP contribution in [0.25, 0.3) is 11.3 Å². The van der Waals surface area contributed by atoms with E-state index in [1.54, 1.807) is 6.20 Å². The van der Waals surface area contributed by atoms with Crippen LogP contribution in [0.4, 0.5) is 5.69 Å². The first-order valence-corrected chi connectivity index (χ1v) is 8.99. The molecule has 0 aliphatic carbocycles. The van der Waals surface area contributed by atoms with E-state index in [2.05, 4.69) is 20.4 Å². The highest BCUT2D eigenvalue weighted by Crippen LogP contribution is 2.22. The lowest BCUT2D eigenvalue weighted by atomic mass is 10.2.